The van der Waals surface area contributed by atoms with E-state index in [0.717, 1.165) is 11.6 Å². The van der Waals surface area contributed by atoms with E-state index < -0.39 is 0 Å². The van der Waals surface area contributed by atoms with E-state index in [1.807, 2.05) is 24.5 Å². The predicted molar refractivity (Wildman–Crippen MR) is 67.3 cm³/mol. The average molecular weight is 219 g/mol. The number of aromatic nitrogens is 1. The van der Waals surface area contributed by atoms with E-state index in [1.165, 1.54) is 32.1 Å². The van der Waals surface area contributed by atoms with E-state index in [0.29, 0.717) is 12.6 Å². The molecule has 1 aliphatic carbocycles. The first-order valence-electron chi connectivity index (χ1n) is 6.27. The Bertz CT molecular complexity index is 293. The van der Waals surface area contributed by atoms with Crippen LogP contribution in [0.4, 0.5) is 5.69 Å². The number of hydrogen-bond donors (Lipinski definition) is 2. The summed E-state index contributed by atoms with van der Waals surface area (Å²) in [7, 11) is 0. The van der Waals surface area contributed by atoms with Gasteiger partial charge in [0, 0.05) is 30.7 Å². The maximum atomic E-state index is 5.87. The molecule has 1 fully saturated rings. The summed E-state index contributed by atoms with van der Waals surface area (Å²) in [6.07, 6.45) is 10.4. The first-order chi connectivity index (χ1) is 7.90. The molecule has 3 nitrogen and oxygen atoms in total. The number of anilines is 1. The normalized spacial score (nSPS) is 19.3. The molecule has 1 aromatic rings. The number of nitrogens with one attached hydrogen (secondary N) is 1. The molecule has 2 rings (SSSR count). The minimum atomic E-state index is 0.419. The molecule has 0 bridgehead atoms. The van der Waals surface area contributed by atoms with E-state index in [-0.39, 0.29) is 0 Å². The van der Waals surface area contributed by atoms with Crippen molar-refractivity contribution in [2.45, 2.75) is 38.1 Å². The quantitative estimate of drug-likeness (QED) is 0.817. The standard InChI is InChI=1S/C13H21N3/c14-10-13(11-4-2-1-3-5-11)16-12-6-8-15-9-7-12/h6-9,11,13H,1-5,10,14H2,(H,15,16). The minimum Gasteiger partial charge on any atom is -0.381 e. The molecule has 0 amide bonds. The van der Waals surface area contributed by atoms with Crippen LogP contribution in [0, 0.1) is 5.92 Å². The topological polar surface area (TPSA) is 50.9 Å². The van der Waals surface area contributed by atoms with Crippen molar-refractivity contribution in [3.8, 4) is 0 Å². The van der Waals surface area contributed by atoms with Gasteiger partial charge in [-0.1, -0.05) is 19.3 Å². The van der Waals surface area contributed by atoms with E-state index in [1.54, 1.807) is 0 Å². The maximum Gasteiger partial charge on any atom is 0.0411 e. The van der Waals surface area contributed by atoms with Gasteiger partial charge in [0.15, 0.2) is 0 Å². The lowest BCUT2D eigenvalue weighted by Gasteiger charge is -2.30. The van der Waals surface area contributed by atoms with Crippen LogP contribution < -0.4 is 11.1 Å². The van der Waals surface area contributed by atoms with Crippen molar-refractivity contribution in [2.75, 3.05) is 11.9 Å². The molecule has 16 heavy (non-hydrogen) atoms. The van der Waals surface area contributed by atoms with Gasteiger partial charge in [-0.15, -0.1) is 0 Å². The lowest BCUT2D eigenvalue weighted by atomic mass is 9.84. The van der Waals surface area contributed by atoms with Crippen LogP contribution in [0.15, 0.2) is 24.5 Å². The lowest BCUT2D eigenvalue weighted by Crippen LogP contribution is -2.37. The summed E-state index contributed by atoms with van der Waals surface area (Å²) in [6, 6.07) is 4.43. The number of nitrogens with two attached hydrogens (primary N) is 1. The molecule has 1 aliphatic rings. The van der Waals surface area contributed by atoms with E-state index in [2.05, 4.69) is 10.3 Å². The Morgan fingerprint density at radius 1 is 1.25 bits per heavy atom. The summed E-state index contributed by atoms with van der Waals surface area (Å²) in [5, 5.41) is 3.53. The Morgan fingerprint density at radius 3 is 2.56 bits per heavy atom. The second kappa shape index (κ2) is 5.85. The molecular weight excluding hydrogens is 198 g/mol. The fourth-order valence-electron chi connectivity index (χ4n) is 2.57. The lowest BCUT2D eigenvalue weighted by molar-refractivity contribution is 0.320. The SMILES string of the molecule is NCC(Nc1ccncc1)C1CCCCC1. The highest BCUT2D eigenvalue weighted by atomic mass is 14.9. The summed E-state index contributed by atoms with van der Waals surface area (Å²) in [5.41, 5.74) is 7.01. The second-order valence-electron chi connectivity index (χ2n) is 4.62. The van der Waals surface area contributed by atoms with Crippen molar-refractivity contribution >= 4 is 5.69 Å². The summed E-state index contributed by atoms with van der Waals surface area (Å²) >= 11 is 0. The van der Waals surface area contributed by atoms with Crippen LogP contribution in [-0.2, 0) is 0 Å². The molecule has 0 radical (unpaired) electrons. The van der Waals surface area contributed by atoms with Gasteiger partial charge in [0.25, 0.3) is 0 Å². The maximum absolute atomic E-state index is 5.87. The zero-order valence-electron chi connectivity index (χ0n) is 9.73. The Kier molecular flexibility index (Phi) is 4.17. The van der Waals surface area contributed by atoms with Gasteiger partial charge in [-0.2, -0.15) is 0 Å². The minimum absolute atomic E-state index is 0.419. The first kappa shape index (κ1) is 11.4. The molecule has 0 aromatic carbocycles. The Labute approximate surface area is 97.5 Å². The summed E-state index contributed by atoms with van der Waals surface area (Å²) in [4.78, 5) is 4.02. The average Bonchev–Trinajstić information content (AvgIpc) is 2.38. The van der Waals surface area contributed by atoms with Gasteiger partial charge in [-0.3, -0.25) is 4.98 Å². The van der Waals surface area contributed by atoms with Gasteiger partial charge in [-0.05, 0) is 30.9 Å². The molecule has 88 valence electrons. The van der Waals surface area contributed by atoms with Crippen LogP contribution in [0.2, 0.25) is 0 Å². The summed E-state index contributed by atoms with van der Waals surface area (Å²) in [6.45, 7) is 0.715. The van der Waals surface area contributed by atoms with Crippen molar-refractivity contribution in [3.05, 3.63) is 24.5 Å². The van der Waals surface area contributed by atoms with Crippen molar-refractivity contribution in [3.63, 3.8) is 0 Å². The zero-order valence-corrected chi connectivity index (χ0v) is 9.73. The third kappa shape index (κ3) is 2.95. The first-order valence-corrected chi connectivity index (χ1v) is 6.27. The molecule has 0 saturated heterocycles. The van der Waals surface area contributed by atoms with Crippen LogP contribution in [-0.4, -0.2) is 17.6 Å². The van der Waals surface area contributed by atoms with Crippen molar-refractivity contribution in [1.29, 1.82) is 0 Å². The molecule has 0 aliphatic heterocycles. The van der Waals surface area contributed by atoms with Gasteiger partial charge in [0.1, 0.15) is 0 Å². The summed E-state index contributed by atoms with van der Waals surface area (Å²) < 4.78 is 0. The fraction of sp³-hybridized carbons (Fsp3) is 0.615. The molecule has 1 aromatic heterocycles. The van der Waals surface area contributed by atoms with Crippen LogP contribution in [0.1, 0.15) is 32.1 Å². The highest BCUT2D eigenvalue weighted by Gasteiger charge is 2.22. The van der Waals surface area contributed by atoms with Gasteiger partial charge < -0.3 is 11.1 Å². The van der Waals surface area contributed by atoms with Crippen molar-refractivity contribution in [1.82, 2.24) is 4.98 Å². The molecule has 3 heteroatoms. The van der Waals surface area contributed by atoms with E-state index >= 15 is 0 Å². The Balaban J connectivity index is 1.94. The monoisotopic (exact) mass is 219 g/mol. The molecule has 1 saturated carbocycles. The van der Waals surface area contributed by atoms with Gasteiger partial charge in [-0.25, -0.2) is 0 Å². The third-order valence-electron chi connectivity index (χ3n) is 3.51. The molecule has 1 atom stereocenters. The van der Waals surface area contributed by atoms with Crippen LogP contribution in [0.25, 0.3) is 0 Å². The molecule has 1 unspecified atom stereocenters. The Hall–Kier alpha value is -1.09. The van der Waals surface area contributed by atoms with Gasteiger partial charge >= 0.3 is 0 Å². The smallest absolute Gasteiger partial charge is 0.0411 e. The third-order valence-corrected chi connectivity index (χ3v) is 3.51. The van der Waals surface area contributed by atoms with E-state index in [9.17, 15) is 0 Å². The zero-order chi connectivity index (χ0) is 11.2. The largest absolute Gasteiger partial charge is 0.381 e. The highest BCUT2D eigenvalue weighted by molar-refractivity contribution is 5.42. The molecular formula is C13H21N3. The van der Waals surface area contributed by atoms with Gasteiger partial charge in [0.2, 0.25) is 0 Å². The van der Waals surface area contributed by atoms with E-state index in [4.69, 9.17) is 5.73 Å². The van der Waals surface area contributed by atoms with Crippen molar-refractivity contribution < 1.29 is 0 Å². The fourth-order valence-corrected chi connectivity index (χ4v) is 2.57. The predicted octanol–water partition coefficient (Wildman–Crippen LogP) is 2.40. The number of hydrogen-bond acceptors (Lipinski definition) is 3. The Morgan fingerprint density at radius 2 is 1.94 bits per heavy atom. The van der Waals surface area contributed by atoms with Crippen LogP contribution in [0.5, 0.6) is 0 Å². The second-order valence-corrected chi connectivity index (χ2v) is 4.62. The van der Waals surface area contributed by atoms with Crippen LogP contribution >= 0.6 is 0 Å². The molecule has 0 spiro atoms. The van der Waals surface area contributed by atoms with Crippen molar-refractivity contribution in [2.24, 2.45) is 11.7 Å². The summed E-state index contributed by atoms with van der Waals surface area (Å²) in [5.74, 6) is 0.743. The van der Waals surface area contributed by atoms with Crippen LogP contribution in [0.3, 0.4) is 0 Å². The number of nitrogens with zero attached hydrogens (tertiary/aromatic N) is 1. The molecule has 3 N–H and O–H groups in total. The highest BCUT2D eigenvalue weighted by Crippen LogP contribution is 2.27. The molecule has 1 heterocycles. The number of rotatable bonds is 4. The number of pyridine rings is 1. The van der Waals surface area contributed by atoms with Gasteiger partial charge in [0.05, 0.1) is 0 Å².